The SMILES string of the molecule is CC(C)(C)C12CC(C3CCC4OC4(C(C)(C)C)C3)CCC1O2.CC(C)(C)C1=CCCC(C2CCC=C(C(C)(C)C)C2)C1. The third kappa shape index (κ3) is 6.38. The fourth-order valence-electron chi connectivity index (χ4n) is 9.74. The summed E-state index contributed by atoms with van der Waals surface area (Å²) >= 11 is 0. The zero-order valence-corrected chi connectivity index (χ0v) is 29.9. The van der Waals surface area contributed by atoms with Crippen LogP contribution in [0.25, 0.3) is 0 Å². The zero-order valence-electron chi connectivity index (χ0n) is 29.9. The van der Waals surface area contributed by atoms with Gasteiger partial charge in [0.2, 0.25) is 0 Å². The maximum absolute atomic E-state index is 6.25. The molecule has 4 aliphatic carbocycles. The van der Waals surface area contributed by atoms with Gasteiger partial charge >= 0.3 is 0 Å². The van der Waals surface area contributed by atoms with Crippen LogP contribution in [0.3, 0.4) is 0 Å². The van der Waals surface area contributed by atoms with E-state index in [2.05, 4.69) is 95.2 Å². The molecule has 2 saturated carbocycles. The summed E-state index contributed by atoms with van der Waals surface area (Å²) in [6.07, 6.45) is 22.2. The van der Waals surface area contributed by atoms with Crippen LogP contribution < -0.4 is 0 Å². The Morgan fingerprint density at radius 2 is 0.857 bits per heavy atom. The van der Waals surface area contributed by atoms with Gasteiger partial charge in [0.15, 0.2) is 0 Å². The van der Waals surface area contributed by atoms with Gasteiger partial charge in [-0.15, -0.1) is 0 Å². The van der Waals surface area contributed by atoms with Crippen molar-refractivity contribution in [3.05, 3.63) is 23.3 Å². The van der Waals surface area contributed by atoms with Crippen LogP contribution >= 0.6 is 0 Å². The first kappa shape index (κ1) is 32.8. The highest BCUT2D eigenvalue weighted by atomic mass is 16.6. The molecule has 2 saturated heterocycles. The van der Waals surface area contributed by atoms with Gasteiger partial charge in [-0.05, 0) is 122 Å². The molecule has 240 valence electrons. The highest BCUT2D eigenvalue weighted by molar-refractivity contribution is 5.19. The molecule has 0 amide bonds. The Morgan fingerprint density at radius 1 is 0.500 bits per heavy atom. The molecule has 6 rings (SSSR count). The lowest BCUT2D eigenvalue weighted by Crippen LogP contribution is -2.43. The summed E-state index contributed by atoms with van der Waals surface area (Å²) in [5, 5.41) is 0. The van der Waals surface area contributed by atoms with Crippen molar-refractivity contribution in [2.45, 2.75) is 184 Å². The molecule has 2 heteroatoms. The molecular weight excluding hydrogens is 512 g/mol. The van der Waals surface area contributed by atoms with E-state index < -0.39 is 0 Å². The van der Waals surface area contributed by atoms with Gasteiger partial charge in [0.05, 0.1) is 23.4 Å². The highest BCUT2D eigenvalue weighted by Crippen LogP contribution is 2.64. The highest BCUT2D eigenvalue weighted by Gasteiger charge is 2.69. The first-order chi connectivity index (χ1) is 19.3. The first-order valence-electron chi connectivity index (χ1n) is 18.0. The van der Waals surface area contributed by atoms with Gasteiger partial charge in [-0.25, -0.2) is 0 Å². The lowest BCUT2D eigenvalue weighted by molar-refractivity contribution is 0.0660. The van der Waals surface area contributed by atoms with E-state index in [1.54, 1.807) is 11.1 Å². The van der Waals surface area contributed by atoms with Gasteiger partial charge in [-0.3, -0.25) is 0 Å². The van der Waals surface area contributed by atoms with Gasteiger partial charge in [-0.1, -0.05) is 106 Å². The maximum atomic E-state index is 6.25. The number of ether oxygens (including phenoxy) is 2. The van der Waals surface area contributed by atoms with Crippen LogP contribution in [0.15, 0.2) is 23.3 Å². The predicted octanol–water partition coefficient (Wildman–Crippen LogP) is 11.5. The Hall–Kier alpha value is -0.600. The quantitative estimate of drug-likeness (QED) is 0.240. The summed E-state index contributed by atoms with van der Waals surface area (Å²) in [5.74, 6) is 3.56. The minimum absolute atomic E-state index is 0.187. The second-order valence-electron chi connectivity index (χ2n) is 19.6. The smallest absolute Gasteiger partial charge is 0.0998 e. The van der Waals surface area contributed by atoms with E-state index in [4.69, 9.17) is 9.47 Å². The molecule has 0 radical (unpaired) electrons. The number of allylic oxidation sites excluding steroid dienone is 4. The normalized spacial score (nSPS) is 40.5. The van der Waals surface area contributed by atoms with E-state index >= 15 is 0 Å². The molecule has 6 aliphatic rings. The lowest BCUT2D eigenvalue weighted by Gasteiger charge is -2.42. The summed E-state index contributed by atoms with van der Waals surface area (Å²) in [4.78, 5) is 0. The number of epoxide rings is 2. The molecule has 8 atom stereocenters. The van der Waals surface area contributed by atoms with E-state index in [1.807, 2.05) is 0 Å². The maximum Gasteiger partial charge on any atom is 0.0998 e. The molecule has 0 aromatic carbocycles. The van der Waals surface area contributed by atoms with Crippen LogP contribution in [0, 0.1) is 45.3 Å². The van der Waals surface area contributed by atoms with E-state index in [-0.39, 0.29) is 22.0 Å². The van der Waals surface area contributed by atoms with Crippen LogP contribution in [-0.2, 0) is 9.47 Å². The molecule has 0 aromatic heterocycles. The van der Waals surface area contributed by atoms with Crippen LogP contribution in [0.2, 0.25) is 0 Å². The van der Waals surface area contributed by atoms with E-state index in [9.17, 15) is 0 Å². The van der Waals surface area contributed by atoms with E-state index in [0.717, 1.165) is 23.7 Å². The Kier molecular flexibility index (Phi) is 8.61. The molecule has 0 spiro atoms. The largest absolute Gasteiger partial charge is 0.365 e. The molecular formula is C40H68O2. The second-order valence-corrected chi connectivity index (χ2v) is 19.6. The van der Waals surface area contributed by atoms with E-state index in [1.165, 1.54) is 77.0 Å². The number of rotatable bonds is 2. The Bertz CT molecular complexity index is 951. The molecule has 2 aliphatic heterocycles. The van der Waals surface area contributed by atoms with Crippen molar-refractivity contribution in [3.8, 4) is 0 Å². The van der Waals surface area contributed by atoms with Gasteiger partial charge in [0.1, 0.15) is 0 Å². The lowest BCUT2D eigenvalue weighted by atomic mass is 9.60. The van der Waals surface area contributed by atoms with Crippen molar-refractivity contribution in [2.24, 2.45) is 45.3 Å². The average Bonchev–Trinajstić information content (AvgIpc) is 3.80. The van der Waals surface area contributed by atoms with Crippen LogP contribution in [0.1, 0.15) is 160 Å². The van der Waals surface area contributed by atoms with Crippen LogP contribution in [0.5, 0.6) is 0 Å². The third-order valence-electron chi connectivity index (χ3n) is 13.0. The Balaban J connectivity index is 0.000000169. The van der Waals surface area contributed by atoms with Gasteiger partial charge < -0.3 is 9.47 Å². The molecule has 42 heavy (non-hydrogen) atoms. The third-order valence-corrected chi connectivity index (χ3v) is 13.0. The van der Waals surface area contributed by atoms with Crippen LogP contribution in [0.4, 0.5) is 0 Å². The second kappa shape index (κ2) is 11.0. The minimum atomic E-state index is 0.187. The summed E-state index contributed by atoms with van der Waals surface area (Å²) in [5.41, 5.74) is 5.10. The molecule has 8 unspecified atom stereocenters. The molecule has 0 aromatic rings. The van der Waals surface area contributed by atoms with Crippen molar-refractivity contribution in [3.63, 3.8) is 0 Å². The van der Waals surface area contributed by atoms with E-state index in [0.29, 0.717) is 23.0 Å². The number of hydrogen-bond donors (Lipinski definition) is 0. The summed E-state index contributed by atoms with van der Waals surface area (Å²) in [7, 11) is 0. The van der Waals surface area contributed by atoms with Crippen molar-refractivity contribution >= 4 is 0 Å². The average molecular weight is 581 g/mol. The summed E-state index contributed by atoms with van der Waals surface area (Å²) in [6, 6.07) is 0. The zero-order chi connectivity index (χ0) is 30.9. The Morgan fingerprint density at radius 3 is 1.17 bits per heavy atom. The number of hydrogen-bond acceptors (Lipinski definition) is 2. The molecule has 2 nitrogen and oxygen atoms in total. The minimum Gasteiger partial charge on any atom is -0.365 e. The fraction of sp³-hybridized carbons (Fsp3) is 0.900. The Labute approximate surface area is 261 Å². The predicted molar refractivity (Wildman–Crippen MR) is 179 cm³/mol. The van der Waals surface area contributed by atoms with Crippen molar-refractivity contribution < 1.29 is 9.47 Å². The monoisotopic (exact) mass is 581 g/mol. The molecule has 0 N–H and O–H groups in total. The van der Waals surface area contributed by atoms with Crippen LogP contribution in [-0.4, -0.2) is 23.4 Å². The van der Waals surface area contributed by atoms with Crippen molar-refractivity contribution in [2.75, 3.05) is 0 Å². The summed E-state index contributed by atoms with van der Waals surface area (Å²) < 4.78 is 12.5. The van der Waals surface area contributed by atoms with Gasteiger partial charge in [0, 0.05) is 0 Å². The van der Waals surface area contributed by atoms with Crippen molar-refractivity contribution in [1.29, 1.82) is 0 Å². The molecule has 0 bridgehead atoms. The van der Waals surface area contributed by atoms with Gasteiger partial charge in [-0.2, -0.15) is 0 Å². The molecule has 4 fully saturated rings. The topological polar surface area (TPSA) is 25.1 Å². The number of fused-ring (bicyclic) bond motifs is 2. The van der Waals surface area contributed by atoms with Crippen molar-refractivity contribution in [1.82, 2.24) is 0 Å². The summed E-state index contributed by atoms with van der Waals surface area (Å²) in [6.45, 7) is 28.5. The standard InChI is InChI=1S/C20H34O2.C20H34/c1-17(2,3)19-11-13(7-9-15(19)21-19)14-8-10-16-20(12-14,22-16)18(4,5)6;1-19(2,3)17-11-7-9-15(13-17)16-10-8-12-18(14-16)20(4,5)6/h13-16H,7-12H2,1-6H3;11-12,15-16H,7-10,13-14H2,1-6H3. The first-order valence-corrected chi connectivity index (χ1v) is 18.0. The van der Waals surface area contributed by atoms with Gasteiger partial charge in [0.25, 0.3) is 0 Å². The fourth-order valence-corrected chi connectivity index (χ4v) is 9.74. The molecule has 2 heterocycles.